The summed E-state index contributed by atoms with van der Waals surface area (Å²) in [7, 11) is 0. The predicted molar refractivity (Wildman–Crippen MR) is 71.5 cm³/mol. The normalized spacial score (nSPS) is 10.6. The van der Waals surface area contributed by atoms with Gasteiger partial charge in [-0.15, -0.1) is 0 Å². The van der Waals surface area contributed by atoms with Gasteiger partial charge < -0.3 is 14.4 Å². The Morgan fingerprint density at radius 2 is 2.32 bits per heavy atom. The first-order valence-corrected chi connectivity index (χ1v) is 6.03. The SMILES string of the molecule is C=C(CC)c1noc2c(Cl)c(OCC(=O)O)ccc12. The average Bonchev–Trinajstić information content (AvgIpc) is 2.81. The average molecular weight is 282 g/mol. The van der Waals surface area contributed by atoms with E-state index in [0.717, 1.165) is 17.4 Å². The number of carbonyl (C=O) groups is 1. The van der Waals surface area contributed by atoms with Gasteiger partial charge >= 0.3 is 5.97 Å². The molecule has 0 aliphatic rings. The van der Waals surface area contributed by atoms with Crippen LogP contribution < -0.4 is 4.74 Å². The first kappa shape index (κ1) is 13.4. The molecule has 0 bridgehead atoms. The van der Waals surface area contributed by atoms with Gasteiger partial charge in [0.1, 0.15) is 16.5 Å². The van der Waals surface area contributed by atoms with E-state index in [1.54, 1.807) is 12.1 Å². The molecule has 0 aliphatic carbocycles. The highest BCUT2D eigenvalue weighted by molar-refractivity contribution is 6.36. The van der Waals surface area contributed by atoms with E-state index in [2.05, 4.69) is 11.7 Å². The molecule has 2 aromatic rings. The largest absolute Gasteiger partial charge is 0.480 e. The van der Waals surface area contributed by atoms with Crippen molar-refractivity contribution in [3.63, 3.8) is 0 Å². The molecule has 0 unspecified atom stereocenters. The Morgan fingerprint density at radius 3 is 2.95 bits per heavy atom. The van der Waals surface area contributed by atoms with Crippen LogP contribution in [0.3, 0.4) is 0 Å². The van der Waals surface area contributed by atoms with Crippen molar-refractivity contribution < 1.29 is 19.2 Å². The summed E-state index contributed by atoms with van der Waals surface area (Å²) in [5, 5.41) is 13.4. The van der Waals surface area contributed by atoms with Gasteiger partial charge in [-0.2, -0.15) is 0 Å². The molecule has 0 amide bonds. The number of halogens is 1. The number of hydrogen-bond acceptors (Lipinski definition) is 4. The van der Waals surface area contributed by atoms with Crippen molar-refractivity contribution in [2.75, 3.05) is 6.61 Å². The topological polar surface area (TPSA) is 72.6 Å². The number of nitrogens with zero attached hydrogens (tertiary/aromatic N) is 1. The fraction of sp³-hybridized carbons (Fsp3) is 0.231. The summed E-state index contributed by atoms with van der Waals surface area (Å²) in [5.74, 6) is -0.824. The summed E-state index contributed by atoms with van der Waals surface area (Å²) < 4.78 is 10.2. The zero-order valence-corrected chi connectivity index (χ0v) is 11.0. The monoisotopic (exact) mass is 281 g/mol. The molecule has 1 N–H and O–H groups in total. The fourth-order valence-electron chi connectivity index (χ4n) is 1.63. The van der Waals surface area contributed by atoms with E-state index in [9.17, 15) is 4.79 Å². The van der Waals surface area contributed by atoms with Gasteiger partial charge in [0, 0.05) is 0 Å². The third-order valence-corrected chi connectivity index (χ3v) is 3.02. The van der Waals surface area contributed by atoms with Crippen molar-refractivity contribution in [2.45, 2.75) is 13.3 Å². The van der Waals surface area contributed by atoms with Gasteiger partial charge in [0.2, 0.25) is 0 Å². The molecule has 0 saturated carbocycles. The zero-order chi connectivity index (χ0) is 14.0. The Hall–Kier alpha value is -2.01. The number of aromatic nitrogens is 1. The van der Waals surface area contributed by atoms with E-state index in [1.807, 2.05) is 6.92 Å². The molecule has 1 heterocycles. The van der Waals surface area contributed by atoms with E-state index < -0.39 is 12.6 Å². The molecule has 1 aromatic heterocycles. The van der Waals surface area contributed by atoms with Crippen LogP contribution in [-0.2, 0) is 4.79 Å². The van der Waals surface area contributed by atoms with Crippen LogP contribution in [0.2, 0.25) is 5.02 Å². The van der Waals surface area contributed by atoms with E-state index in [0.29, 0.717) is 11.3 Å². The van der Waals surface area contributed by atoms with Crippen LogP contribution in [0.25, 0.3) is 16.5 Å². The van der Waals surface area contributed by atoms with Crippen molar-refractivity contribution in [1.29, 1.82) is 0 Å². The van der Waals surface area contributed by atoms with Crippen molar-refractivity contribution in [3.8, 4) is 5.75 Å². The quantitative estimate of drug-likeness (QED) is 0.909. The summed E-state index contributed by atoms with van der Waals surface area (Å²) in [6.45, 7) is 5.41. The van der Waals surface area contributed by atoms with E-state index >= 15 is 0 Å². The molecule has 0 aliphatic heterocycles. The van der Waals surface area contributed by atoms with Crippen LogP contribution in [-0.4, -0.2) is 22.8 Å². The Labute approximate surface area is 114 Å². The maximum atomic E-state index is 10.5. The van der Waals surface area contributed by atoms with Gasteiger partial charge in [-0.3, -0.25) is 0 Å². The Bertz CT molecular complexity index is 647. The van der Waals surface area contributed by atoms with Gasteiger partial charge in [-0.05, 0) is 24.1 Å². The molecule has 0 saturated heterocycles. The Kier molecular flexibility index (Phi) is 3.76. The molecule has 0 atom stereocenters. The van der Waals surface area contributed by atoms with Crippen molar-refractivity contribution in [2.24, 2.45) is 0 Å². The Morgan fingerprint density at radius 1 is 1.58 bits per heavy atom. The second-order valence-corrected chi connectivity index (χ2v) is 4.30. The maximum absolute atomic E-state index is 10.5. The van der Waals surface area contributed by atoms with Crippen LogP contribution in [0.1, 0.15) is 19.0 Å². The zero-order valence-electron chi connectivity index (χ0n) is 10.3. The van der Waals surface area contributed by atoms with Crippen LogP contribution in [0, 0.1) is 0 Å². The molecular weight excluding hydrogens is 270 g/mol. The smallest absolute Gasteiger partial charge is 0.341 e. The van der Waals surface area contributed by atoms with Crippen LogP contribution >= 0.6 is 11.6 Å². The molecule has 2 rings (SSSR count). The number of aliphatic carboxylic acids is 1. The first-order valence-electron chi connectivity index (χ1n) is 5.65. The molecule has 0 radical (unpaired) electrons. The lowest BCUT2D eigenvalue weighted by molar-refractivity contribution is -0.139. The second-order valence-electron chi connectivity index (χ2n) is 3.93. The molecule has 100 valence electrons. The van der Waals surface area contributed by atoms with Crippen LogP contribution in [0.5, 0.6) is 5.75 Å². The number of carboxylic acid groups (broad SMARTS) is 1. The lowest BCUT2D eigenvalue weighted by Gasteiger charge is -2.05. The summed E-state index contributed by atoms with van der Waals surface area (Å²) >= 11 is 6.10. The van der Waals surface area contributed by atoms with E-state index in [1.165, 1.54) is 0 Å². The molecule has 6 heteroatoms. The Balaban J connectivity index is 2.43. The molecule has 5 nitrogen and oxygen atoms in total. The highest BCUT2D eigenvalue weighted by atomic mass is 35.5. The molecular formula is C13H12ClNO4. The lowest BCUT2D eigenvalue weighted by atomic mass is 10.1. The van der Waals surface area contributed by atoms with Gasteiger partial charge in [0.25, 0.3) is 0 Å². The number of ether oxygens (including phenoxy) is 1. The second kappa shape index (κ2) is 5.32. The number of fused-ring (bicyclic) bond motifs is 1. The summed E-state index contributed by atoms with van der Waals surface area (Å²) in [6, 6.07) is 3.32. The van der Waals surface area contributed by atoms with Gasteiger partial charge in [0.05, 0.1) is 5.39 Å². The van der Waals surface area contributed by atoms with Gasteiger partial charge in [0.15, 0.2) is 12.2 Å². The summed E-state index contributed by atoms with van der Waals surface area (Å²) in [4.78, 5) is 10.5. The van der Waals surface area contributed by atoms with Crippen LogP contribution in [0.4, 0.5) is 0 Å². The predicted octanol–water partition coefficient (Wildman–Crippen LogP) is 3.37. The summed E-state index contributed by atoms with van der Waals surface area (Å²) in [5.41, 5.74) is 1.87. The first-order chi connectivity index (χ1) is 9.04. The van der Waals surface area contributed by atoms with Gasteiger partial charge in [-0.1, -0.05) is 30.3 Å². The molecule has 1 aromatic carbocycles. The number of allylic oxidation sites excluding steroid dienone is 1. The molecule has 0 fully saturated rings. The fourth-order valence-corrected chi connectivity index (χ4v) is 1.88. The minimum Gasteiger partial charge on any atom is -0.480 e. The number of rotatable bonds is 5. The van der Waals surface area contributed by atoms with Gasteiger partial charge in [-0.25, -0.2) is 4.79 Å². The highest BCUT2D eigenvalue weighted by Gasteiger charge is 2.16. The number of carboxylic acids is 1. The minimum atomic E-state index is -1.08. The standard InChI is InChI=1S/C13H12ClNO4/c1-3-7(2)12-8-4-5-9(18-6-10(16)17)11(14)13(8)19-15-12/h4-5H,2-3,6H2,1H3,(H,16,17). The number of hydrogen-bond donors (Lipinski definition) is 1. The third kappa shape index (κ3) is 2.56. The minimum absolute atomic E-state index is 0.210. The highest BCUT2D eigenvalue weighted by Crippen LogP contribution is 2.36. The van der Waals surface area contributed by atoms with Crippen LogP contribution in [0.15, 0.2) is 23.2 Å². The van der Waals surface area contributed by atoms with Crippen molar-refractivity contribution in [1.82, 2.24) is 5.16 Å². The third-order valence-electron chi connectivity index (χ3n) is 2.66. The van der Waals surface area contributed by atoms with E-state index in [-0.39, 0.29) is 10.8 Å². The summed E-state index contributed by atoms with van der Waals surface area (Å²) in [6.07, 6.45) is 0.747. The maximum Gasteiger partial charge on any atom is 0.341 e. The van der Waals surface area contributed by atoms with Crippen molar-refractivity contribution in [3.05, 3.63) is 29.4 Å². The molecule has 19 heavy (non-hydrogen) atoms. The lowest BCUT2D eigenvalue weighted by Crippen LogP contribution is -2.09. The number of benzene rings is 1. The van der Waals surface area contributed by atoms with Crippen molar-refractivity contribution >= 4 is 34.1 Å². The van der Waals surface area contributed by atoms with E-state index in [4.69, 9.17) is 26.0 Å². The molecule has 0 spiro atoms.